The van der Waals surface area contributed by atoms with Crippen molar-refractivity contribution < 1.29 is 18.6 Å². The SMILES string of the molecule is Cn1ccnc1Sc1cc(C(=O)Nc2ccc(P(C)(=O)O)cn2)c(N)cc1F.I. The van der Waals surface area contributed by atoms with Crippen LogP contribution in [0.5, 0.6) is 0 Å². The molecule has 0 bridgehead atoms. The summed E-state index contributed by atoms with van der Waals surface area (Å²) in [5, 5.41) is 3.26. The van der Waals surface area contributed by atoms with Crippen LogP contribution in [0.2, 0.25) is 0 Å². The molecule has 0 aliphatic carbocycles. The zero-order valence-corrected chi connectivity index (χ0v) is 19.4. The zero-order valence-electron chi connectivity index (χ0n) is 15.4. The fraction of sp³-hybridized carbons (Fsp3) is 0.118. The molecule has 1 amide bonds. The van der Waals surface area contributed by atoms with Crippen molar-refractivity contribution in [1.29, 1.82) is 0 Å². The van der Waals surface area contributed by atoms with E-state index in [2.05, 4.69) is 15.3 Å². The van der Waals surface area contributed by atoms with Crippen LogP contribution in [0.15, 0.2) is 52.9 Å². The van der Waals surface area contributed by atoms with E-state index >= 15 is 0 Å². The molecule has 3 rings (SSSR count). The largest absolute Gasteiger partial charge is 0.398 e. The Morgan fingerprint density at radius 3 is 2.62 bits per heavy atom. The predicted octanol–water partition coefficient (Wildman–Crippen LogP) is 3.08. The van der Waals surface area contributed by atoms with Crippen LogP contribution in [-0.4, -0.2) is 32.0 Å². The summed E-state index contributed by atoms with van der Waals surface area (Å²) >= 11 is 1.07. The number of nitrogens with two attached hydrogens (primary N) is 1. The van der Waals surface area contributed by atoms with Crippen molar-refractivity contribution in [2.45, 2.75) is 10.1 Å². The van der Waals surface area contributed by atoms with Crippen molar-refractivity contribution in [3.05, 3.63) is 54.2 Å². The third-order valence-electron chi connectivity index (χ3n) is 3.80. The van der Waals surface area contributed by atoms with Gasteiger partial charge in [-0.1, -0.05) is 0 Å². The Morgan fingerprint density at radius 1 is 1.34 bits per heavy atom. The molecule has 1 aromatic carbocycles. The molecule has 2 heterocycles. The highest BCUT2D eigenvalue weighted by molar-refractivity contribution is 14.0. The number of aromatic nitrogens is 3. The number of carbonyl (C=O) groups excluding carboxylic acids is 1. The maximum absolute atomic E-state index is 14.3. The third kappa shape index (κ3) is 5.56. The molecule has 4 N–H and O–H groups in total. The highest BCUT2D eigenvalue weighted by Gasteiger charge is 2.18. The van der Waals surface area contributed by atoms with Crippen molar-refractivity contribution in [2.75, 3.05) is 17.7 Å². The van der Waals surface area contributed by atoms with E-state index in [-0.39, 0.29) is 51.2 Å². The molecule has 2 aromatic heterocycles. The zero-order chi connectivity index (χ0) is 20.5. The number of hydrogen-bond acceptors (Lipinski definition) is 6. The van der Waals surface area contributed by atoms with Crippen LogP contribution < -0.4 is 16.4 Å². The summed E-state index contributed by atoms with van der Waals surface area (Å²) in [6.07, 6.45) is 4.52. The number of rotatable bonds is 5. The second-order valence-corrected chi connectivity index (χ2v) is 9.31. The standard InChI is InChI=1S/C17H17FN5O3PS.HI/c1-23-6-5-20-17(23)28-14-7-11(13(19)8-12(14)18)16(24)22-15-4-3-10(9-21-15)27(2,25)26;/h3-9H,19H2,1-2H3,(H,25,26)(H,21,22,24);1H. The van der Waals surface area contributed by atoms with Gasteiger partial charge in [-0.15, -0.1) is 24.0 Å². The highest BCUT2D eigenvalue weighted by Crippen LogP contribution is 2.34. The Kier molecular flexibility index (Phi) is 7.44. The number of imidazole rings is 1. The van der Waals surface area contributed by atoms with Crippen LogP contribution in [0.4, 0.5) is 15.9 Å². The van der Waals surface area contributed by atoms with Gasteiger partial charge in [-0.3, -0.25) is 9.36 Å². The number of nitrogens with zero attached hydrogens (tertiary/aromatic N) is 3. The summed E-state index contributed by atoms with van der Waals surface area (Å²) in [7, 11) is -1.66. The molecule has 154 valence electrons. The van der Waals surface area contributed by atoms with Crippen LogP contribution >= 0.6 is 43.1 Å². The van der Waals surface area contributed by atoms with E-state index < -0.39 is 19.1 Å². The number of anilines is 2. The first-order chi connectivity index (χ1) is 13.1. The minimum atomic E-state index is -3.43. The minimum Gasteiger partial charge on any atom is -0.398 e. The summed E-state index contributed by atoms with van der Waals surface area (Å²) in [5.41, 5.74) is 5.86. The normalized spacial score (nSPS) is 12.7. The molecule has 8 nitrogen and oxygen atoms in total. The van der Waals surface area contributed by atoms with Gasteiger partial charge < -0.3 is 20.5 Å². The second kappa shape index (κ2) is 9.24. The summed E-state index contributed by atoms with van der Waals surface area (Å²) in [5.74, 6) is -0.974. The number of nitrogens with one attached hydrogen (secondary N) is 1. The summed E-state index contributed by atoms with van der Waals surface area (Å²) in [4.78, 5) is 30.4. The molecule has 3 aromatic rings. The lowest BCUT2D eigenvalue weighted by atomic mass is 10.1. The van der Waals surface area contributed by atoms with Crippen molar-refractivity contribution in [3.8, 4) is 0 Å². The molecule has 1 unspecified atom stereocenters. The first kappa shape index (κ1) is 23.3. The highest BCUT2D eigenvalue weighted by atomic mass is 127. The van der Waals surface area contributed by atoms with Crippen LogP contribution in [-0.2, 0) is 11.6 Å². The average molecular weight is 549 g/mol. The number of aryl methyl sites for hydroxylation is 1. The van der Waals surface area contributed by atoms with Crippen molar-refractivity contribution in [1.82, 2.24) is 14.5 Å². The maximum Gasteiger partial charge on any atom is 0.258 e. The van der Waals surface area contributed by atoms with E-state index in [1.54, 1.807) is 24.0 Å². The first-order valence-corrected chi connectivity index (χ1v) is 10.9. The van der Waals surface area contributed by atoms with Crippen LogP contribution in [0.3, 0.4) is 0 Å². The van der Waals surface area contributed by atoms with Gasteiger partial charge in [0.05, 0.1) is 15.8 Å². The van der Waals surface area contributed by atoms with Gasteiger partial charge >= 0.3 is 0 Å². The van der Waals surface area contributed by atoms with E-state index in [0.29, 0.717) is 5.16 Å². The molecule has 12 heteroatoms. The Labute approximate surface area is 187 Å². The van der Waals surface area contributed by atoms with Crippen molar-refractivity contribution >= 4 is 65.8 Å². The summed E-state index contributed by atoms with van der Waals surface area (Å²) in [6, 6.07) is 5.24. The van der Waals surface area contributed by atoms with E-state index in [9.17, 15) is 18.6 Å². The van der Waals surface area contributed by atoms with Crippen LogP contribution in [0.1, 0.15) is 10.4 Å². The lowest BCUT2D eigenvalue weighted by Crippen LogP contribution is -2.16. The van der Waals surface area contributed by atoms with Gasteiger partial charge in [-0.2, -0.15) is 0 Å². The Bertz CT molecular complexity index is 1090. The number of pyridine rings is 1. The molecular weight excluding hydrogens is 531 g/mol. The molecule has 0 fully saturated rings. The number of carbonyl (C=O) groups is 1. The maximum atomic E-state index is 14.3. The lowest BCUT2D eigenvalue weighted by Gasteiger charge is -2.11. The Balaban J connectivity index is 0.00000300. The molecular formula is C17H18FIN5O3PS. The van der Waals surface area contributed by atoms with Gasteiger partial charge in [-0.05, 0) is 36.0 Å². The van der Waals surface area contributed by atoms with E-state index in [1.165, 1.54) is 31.1 Å². The number of hydrogen-bond donors (Lipinski definition) is 3. The molecule has 0 radical (unpaired) electrons. The fourth-order valence-corrected chi connectivity index (χ4v) is 3.75. The summed E-state index contributed by atoms with van der Waals surface area (Å²) < 4.78 is 27.6. The van der Waals surface area contributed by atoms with Gasteiger partial charge in [-0.25, -0.2) is 14.4 Å². The van der Waals surface area contributed by atoms with E-state index in [4.69, 9.17) is 5.73 Å². The van der Waals surface area contributed by atoms with Crippen molar-refractivity contribution in [3.63, 3.8) is 0 Å². The van der Waals surface area contributed by atoms with Gasteiger partial charge in [0.25, 0.3) is 5.91 Å². The van der Waals surface area contributed by atoms with Crippen molar-refractivity contribution in [2.24, 2.45) is 7.05 Å². The number of amides is 1. The molecule has 0 aliphatic rings. The fourth-order valence-electron chi connectivity index (χ4n) is 2.28. The van der Waals surface area contributed by atoms with Crippen LogP contribution in [0, 0.1) is 5.82 Å². The minimum absolute atomic E-state index is 0. The topological polar surface area (TPSA) is 123 Å². The van der Waals surface area contributed by atoms with Crippen LogP contribution in [0.25, 0.3) is 0 Å². The number of nitrogen functional groups attached to an aromatic ring is 1. The monoisotopic (exact) mass is 549 g/mol. The first-order valence-electron chi connectivity index (χ1n) is 7.97. The van der Waals surface area contributed by atoms with Gasteiger partial charge in [0.1, 0.15) is 11.6 Å². The molecule has 1 atom stereocenters. The molecule has 0 spiro atoms. The average Bonchev–Trinajstić information content (AvgIpc) is 3.01. The smallest absolute Gasteiger partial charge is 0.258 e. The van der Waals surface area contributed by atoms with Gasteiger partial charge in [0, 0.05) is 38.0 Å². The lowest BCUT2D eigenvalue weighted by molar-refractivity contribution is 0.102. The van der Waals surface area contributed by atoms with Gasteiger partial charge in [0.15, 0.2) is 5.16 Å². The van der Waals surface area contributed by atoms with E-state index in [0.717, 1.165) is 17.8 Å². The molecule has 29 heavy (non-hydrogen) atoms. The molecule has 0 saturated carbocycles. The van der Waals surface area contributed by atoms with E-state index in [1.807, 2.05) is 0 Å². The predicted molar refractivity (Wildman–Crippen MR) is 121 cm³/mol. The summed E-state index contributed by atoms with van der Waals surface area (Å²) in [6.45, 7) is 1.20. The Morgan fingerprint density at radius 2 is 2.07 bits per heavy atom. The molecule has 0 saturated heterocycles. The number of halogens is 2. The number of benzene rings is 1. The second-order valence-electron chi connectivity index (χ2n) is 6.03. The third-order valence-corrected chi connectivity index (χ3v) is 6.13. The quantitative estimate of drug-likeness (QED) is 0.254. The Hall–Kier alpha value is -1.95. The molecule has 0 aliphatic heterocycles. The van der Waals surface area contributed by atoms with Gasteiger partial charge in [0.2, 0.25) is 7.37 Å².